The number of rotatable bonds is 3. The Morgan fingerprint density at radius 3 is 2.57 bits per heavy atom. The topological polar surface area (TPSA) is 79.1 Å². The van der Waals surface area contributed by atoms with Gasteiger partial charge in [-0.2, -0.15) is 4.99 Å². The number of thiazole rings is 1. The highest BCUT2D eigenvalue weighted by atomic mass is 32.1. The van der Waals surface area contributed by atoms with E-state index in [9.17, 15) is 9.59 Å². The maximum absolute atomic E-state index is 13.0. The van der Waals surface area contributed by atoms with E-state index in [-0.39, 0.29) is 6.54 Å². The van der Waals surface area contributed by atoms with Crippen molar-refractivity contribution >= 4 is 33.4 Å². The average Bonchev–Trinajstić information content (AvgIpc) is 3.04. The van der Waals surface area contributed by atoms with Crippen molar-refractivity contribution in [3.8, 4) is 11.5 Å². The van der Waals surface area contributed by atoms with Crippen LogP contribution in [0.3, 0.4) is 0 Å². The minimum Gasteiger partial charge on any atom is -0.482 e. The first kappa shape index (κ1) is 20.2. The monoisotopic (exact) mass is 426 g/mol. The Balaban J connectivity index is 1.78. The Morgan fingerprint density at radius 1 is 1.17 bits per heavy atom. The second kappa shape index (κ2) is 7.95. The lowest BCUT2D eigenvalue weighted by atomic mass is 10.1. The van der Waals surface area contributed by atoms with Gasteiger partial charge in [0.15, 0.2) is 16.3 Å². The van der Waals surface area contributed by atoms with Crippen LogP contribution >= 0.6 is 11.3 Å². The number of carbonyl (C=O) groups excluding carboxylic acids is 2. The number of benzene rings is 2. The van der Waals surface area contributed by atoms with Crippen molar-refractivity contribution in [2.75, 3.05) is 7.11 Å². The second-order valence-electron chi connectivity index (χ2n) is 7.24. The number of aryl methyl sites for hydroxylation is 2. The number of amides is 1. The molecule has 0 saturated heterocycles. The standard InChI is InChI=1S/C22H22N2O5S/c1-12-9-13(2)20-15(10-12)24(11-18(25)27-4)22(30-20)23-21(26)19-14(3)28-16-7-5-6-8-17(16)29-19/h5-10,14,19H,11H2,1-4H3. The lowest BCUT2D eigenvalue weighted by Gasteiger charge is -2.29. The maximum atomic E-state index is 13.0. The van der Waals surface area contributed by atoms with E-state index >= 15 is 0 Å². The van der Waals surface area contributed by atoms with Gasteiger partial charge in [-0.1, -0.05) is 29.5 Å². The third kappa shape index (κ3) is 3.70. The lowest BCUT2D eigenvalue weighted by Crippen LogP contribution is -2.43. The quantitative estimate of drug-likeness (QED) is 0.601. The smallest absolute Gasteiger partial charge is 0.325 e. The number of hydrogen-bond donors (Lipinski definition) is 0. The van der Waals surface area contributed by atoms with Crippen LogP contribution in [0.1, 0.15) is 18.1 Å². The molecule has 1 aliphatic rings. The number of carbonyl (C=O) groups is 2. The Hall–Kier alpha value is -3.13. The Morgan fingerprint density at radius 2 is 1.87 bits per heavy atom. The van der Waals surface area contributed by atoms with E-state index in [2.05, 4.69) is 11.1 Å². The van der Waals surface area contributed by atoms with Gasteiger partial charge in [0, 0.05) is 0 Å². The molecule has 0 fully saturated rings. The van der Waals surface area contributed by atoms with Gasteiger partial charge in [0.2, 0.25) is 6.10 Å². The maximum Gasteiger partial charge on any atom is 0.325 e. The van der Waals surface area contributed by atoms with Crippen molar-refractivity contribution in [3.63, 3.8) is 0 Å². The molecule has 7 nitrogen and oxygen atoms in total. The predicted octanol–water partition coefficient (Wildman–Crippen LogP) is 3.15. The van der Waals surface area contributed by atoms with Gasteiger partial charge >= 0.3 is 5.97 Å². The van der Waals surface area contributed by atoms with E-state index in [1.54, 1.807) is 23.6 Å². The number of fused-ring (bicyclic) bond motifs is 2. The minimum absolute atomic E-state index is 0.0358. The van der Waals surface area contributed by atoms with Gasteiger partial charge in [0.05, 0.1) is 17.3 Å². The first-order valence-electron chi connectivity index (χ1n) is 9.55. The molecule has 30 heavy (non-hydrogen) atoms. The van der Waals surface area contributed by atoms with Crippen molar-refractivity contribution in [1.29, 1.82) is 0 Å². The summed E-state index contributed by atoms with van der Waals surface area (Å²) in [7, 11) is 1.34. The number of esters is 1. The number of nitrogens with zero attached hydrogens (tertiary/aromatic N) is 2. The summed E-state index contributed by atoms with van der Waals surface area (Å²) >= 11 is 1.36. The summed E-state index contributed by atoms with van der Waals surface area (Å²) in [5, 5.41) is 0. The van der Waals surface area contributed by atoms with Gasteiger partial charge in [0.1, 0.15) is 12.6 Å². The average molecular weight is 426 g/mol. The summed E-state index contributed by atoms with van der Waals surface area (Å²) in [6.45, 7) is 5.72. The summed E-state index contributed by atoms with van der Waals surface area (Å²) < 4.78 is 19.2. The lowest BCUT2D eigenvalue weighted by molar-refractivity contribution is -0.141. The van der Waals surface area contributed by atoms with Gasteiger partial charge in [-0.25, -0.2) is 0 Å². The summed E-state index contributed by atoms with van der Waals surface area (Å²) in [5.74, 6) is 0.232. The normalized spacial score (nSPS) is 18.5. The first-order chi connectivity index (χ1) is 14.4. The summed E-state index contributed by atoms with van der Waals surface area (Å²) in [6.07, 6.45) is -1.37. The van der Waals surface area contributed by atoms with Crippen molar-refractivity contribution in [2.45, 2.75) is 39.5 Å². The van der Waals surface area contributed by atoms with Crippen molar-refractivity contribution in [3.05, 3.63) is 52.3 Å². The van der Waals surface area contributed by atoms with Crippen LogP contribution in [0.25, 0.3) is 10.2 Å². The van der Waals surface area contributed by atoms with Gasteiger partial charge in [0.25, 0.3) is 5.91 Å². The molecule has 4 rings (SSSR count). The highest BCUT2D eigenvalue weighted by Gasteiger charge is 2.34. The number of para-hydroxylation sites is 2. The molecule has 156 valence electrons. The molecule has 0 saturated carbocycles. The van der Waals surface area contributed by atoms with Crippen LogP contribution in [0.5, 0.6) is 11.5 Å². The number of ether oxygens (including phenoxy) is 3. The van der Waals surface area contributed by atoms with E-state index < -0.39 is 24.1 Å². The third-order valence-electron chi connectivity index (χ3n) is 4.92. The minimum atomic E-state index is -0.875. The summed E-state index contributed by atoms with van der Waals surface area (Å²) in [4.78, 5) is 29.8. The van der Waals surface area contributed by atoms with Gasteiger partial charge in [-0.15, -0.1) is 0 Å². The predicted molar refractivity (Wildman–Crippen MR) is 113 cm³/mol. The zero-order valence-corrected chi connectivity index (χ0v) is 18.0. The van der Waals surface area contributed by atoms with Crippen LogP contribution in [0.2, 0.25) is 0 Å². The molecule has 1 aliphatic heterocycles. The molecule has 2 unspecified atom stereocenters. The molecule has 1 amide bonds. The molecule has 0 radical (unpaired) electrons. The molecule has 3 aromatic rings. The van der Waals surface area contributed by atoms with Crippen molar-refractivity contribution < 1.29 is 23.8 Å². The van der Waals surface area contributed by atoms with E-state index in [0.29, 0.717) is 16.3 Å². The molecule has 8 heteroatoms. The van der Waals surface area contributed by atoms with E-state index in [4.69, 9.17) is 14.2 Å². The Kier molecular flexibility index (Phi) is 5.34. The van der Waals surface area contributed by atoms with Gasteiger partial charge in [-0.3, -0.25) is 9.59 Å². The van der Waals surface area contributed by atoms with Gasteiger partial charge in [-0.05, 0) is 50.1 Å². The molecule has 0 bridgehead atoms. The van der Waals surface area contributed by atoms with Crippen LogP contribution in [-0.4, -0.2) is 35.8 Å². The van der Waals surface area contributed by atoms with Gasteiger partial charge < -0.3 is 18.8 Å². The first-order valence-corrected chi connectivity index (χ1v) is 10.4. The molecular weight excluding hydrogens is 404 g/mol. The van der Waals surface area contributed by atoms with Crippen LogP contribution in [0, 0.1) is 13.8 Å². The van der Waals surface area contributed by atoms with Crippen molar-refractivity contribution in [2.24, 2.45) is 4.99 Å². The zero-order chi connectivity index (χ0) is 21.4. The highest BCUT2D eigenvalue weighted by molar-refractivity contribution is 7.16. The van der Waals surface area contributed by atoms with Crippen LogP contribution in [0.4, 0.5) is 0 Å². The Labute approximate surface area is 177 Å². The number of methoxy groups -OCH3 is 1. The molecule has 0 aliphatic carbocycles. The third-order valence-corrected chi connectivity index (χ3v) is 6.15. The van der Waals surface area contributed by atoms with E-state index in [1.165, 1.54) is 18.4 Å². The zero-order valence-electron chi connectivity index (χ0n) is 17.2. The molecule has 1 aromatic heterocycles. The van der Waals surface area contributed by atoms with Crippen LogP contribution in [0.15, 0.2) is 41.4 Å². The molecular formula is C22H22N2O5S. The van der Waals surface area contributed by atoms with E-state index in [0.717, 1.165) is 21.3 Å². The molecule has 2 heterocycles. The van der Waals surface area contributed by atoms with E-state index in [1.807, 2.05) is 32.0 Å². The SMILES string of the molecule is COC(=O)Cn1c(=NC(=O)C2Oc3ccccc3OC2C)sc2c(C)cc(C)cc21. The molecule has 0 N–H and O–H groups in total. The number of aromatic nitrogens is 1. The molecule has 0 spiro atoms. The molecule has 2 aromatic carbocycles. The second-order valence-corrected chi connectivity index (χ2v) is 8.21. The highest BCUT2D eigenvalue weighted by Crippen LogP contribution is 2.33. The number of hydrogen-bond acceptors (Lipinski definition) is 6. The summed E-state index contributed by atoms with van der Waals surface area (Å²) in [6, 6.07) is 11.3. The molecule has 2 atom stereocenters. The van der Waals surface area contributed by atoms with Crippen LogP contribution in [-0.2, 0) is 20.9 Å². The fourth-order valence-electron chi connectivity index (χ4n) is 3.49. The van der Waals surface area contributed by atoms with Crippen LogP contribution < -0.4 is 14.3 Å². The summed E-state index contributed by atoms with van der Waals surface area (Å²) in [5.41, 5.74) is 2.96. The fourth-order valence-corrected chi connectivity index (χ4v) is 4.58. The van der Waals surface area contributed by atoms with Crippen molar-refractivity contribution in [1.82, 2.24) is 4.57 Å². The largest absolute Gasteiger partial charge is 0.482 e. The fraction of sp³-hybridized carbons (Fsp3) is 0.318. The Bertz CT molecular complexity index is 1210.